The normalized spacial score (nSPS) is 10.6. The summed E-state index contributed by atoms with van der Waals surface area (Å²) in [5.74, 6) is 0.920. The van der Waals surface area contributed by atoms with Gasteiger partial charge in [-0.3, -0.25) is 0 Å². The molecule has 0 aliphatic carbocycles. The summed E-state index contributed by atoms with van der Waals surface area (Å²) in [5, 5.41) is 0. The monoisotopic (exact) mass is 393 g/mol. The van der Waals surface area contributed by atoms with Crippen molar-refractivity contribution in [2.45, 2.75) is 41.5 Å². The van der Waals surface area contributed by atoms with Crippen molar-refractivity contribution < 1.29 is 4.74 Å². The molecule has 0 spiro atoms. The molecular formula is C19H28OSb. The van der Waals surface area contributed by atoms with Crippen LogP contribution in [0.5, 0.6) is 5.75 Å². The molecule has 1 aromatic carbocycles. The number of benzene rings is 1. The predicted molar refractivity (Wildman–Crippen MR) is 96.7 cm³/mol. The summed E-state index contributed by atoms with van der Waals surface area (Å²) in [6, 6.07) is 8.63. The van der Waals surface area contributed by atoms with Crippen LogP contribution in [0, 0.1) is 0 Å². The van der Waals surface area contributed by atoms with Gasteiger partial charge in [-0.05, 0) is 0 Å². The summed E-state index contributed by atoms with van der Waals surface area (Å²) < 4.78 is 14.3. The van der Waals surface area contributed by atoms with Crippen molar-refractivity contribution in [2.24, 2.45) is 0 Å². The summed E-state index contributed by atoms with van der Waals surface area (Å²) in [4.78, 5) is 0. The molecule has 0 heterocycles. The van der Waals surface area contributed by atoms with E-state index in [1.54, 1.807) is 7.11 Å². The zero-order valence-electron chi connectivity index (χ0n) is 14.4. The van der Waals surface area contributed by atoms with Crippen molar-refractivity contribution in [3.05, 3.63) is 53.1 Å². The van der Waals surface area contributed by atoms with Crippen LogP contribution in [0.3, 0.4) is 0 Å². The Morgan fingerprint density at radius 1 is 0.762 bits per heavy atom. The maximum atomic E-state index is 5.30. The van der Waals surface area contributed by atoms with Gasteiger partial charge in [0.15, 0.2) is 0 Å². The van der Waals surface area contributed by atoms with E-state index in [9.17, 15) is 0 Å². The average molecular weight is 394 g/mol. The van der Waals surface area contributed by atoms with Crippen LogP contribution in [0.15, 0.2) is 53.1 Å². The summed E-state index contributed by atoms with van der Waals surface area (Å²) in [5.41, 5.74) is 4.19. The molecule has 115 valence electrons. The predicted octanol–water partition coefficient (Wildman–Crippen LogP) is 4.87. The summed E-state index contributed by atoms with van der Waals surface area (Å²) in [6.07, 6.45) is 0. The molecule has 2 heteroatoms. The van der Waals surface area contributed by atoms with Crippen molar-refractivity contribution >= 4 is 22.3 Å². The van der Waals surface area contributed by atoms with Crippen molar-refractivity contribution in [1.82, 2.24) is 0 Å². The molecule has 0 aliphatic heterocycles. The first-order valence-corrected chi connectivity index (χ1v) is 13.0. The van der Waals surface area contributed by atoms with Gasteiger partial charge in [-0.25, -0.2) is 0 Å². The van der Waals surface area contributed by atoms with Gasteiger partial charge in [0.1, 0.15) is 0 Å². The molecule has 0 bridgehead atoms. The van der Waals surface area contributed by atoms with Gasteiger partial charge in [-0.2, -0.15) is 0 Å². The molecule has 0 saturated carbocycles. The number of rotatable bonds is 5. The Balaban J connectivity index is 3.57. The molecule has 0 saturated heterocycles. The third kappa shape index (κ3) is 5.40. The standard InChI is InChI=1S/C7H7O.3C4H7.Sb/c1-8-7-5-3-2-4-6-7;3*1-4(2)3;/h3-6H,1H3;3*1H,2-3H3;. The van der Waals surface area contributed by atoms with E-state index in [1.807, 2.05) is 0 Å². The first kappa shape index (κ1) is 18.1. The second kappa shape index (κ2) is 7.89. The Morgan fingerprint density at radius 2 is 1.14 bits per heavy atom. The minimum absolute atomic E-state index is 0.920. The van der Waals surface area contributed by atoms with Gasteiger partial charge in [-0.15, -0.1) is 0 Å². The fourth-order valence-corrected chi connectivity index (χ4v) is 13.6. The van der Waals surface area contributed by atoms with E-state index in [-0.39, 0.29) is 0 Å². The SMILES string of the molecule is COc1cc[c]([Sb]([CH]=C(C)C)([CH]=C(C)C)[CH]=C(C)C)cc1. The van der Waals surface area contributed by atoms with Crippen LogP contribution >= 0.6 is 0 Å². The third-order valence-electron chi connectivity index (χ3n) is 2.94. The third-order valence-corrected chi connectivity index (χ3v) is 14.4. The van der Waals surface area contributed by atoms with Gasteiger partial charge < -0.3 is 0 Å². The molecule has 0 aromatic heterocycles. The molecule has 0 fully saturated rings. The fourth-order valence-electron chi connectivity index (χ4n) is 2.46. The molecule has 0 atom stereocenters. The second-order valence-electron chi connectivity index (χ2n) is 6.15. The van der Waals surface area contributed by atoms with Crippen LogP contribution in [0.1, 0.15) is 41.5 Å². The van der Waals surface area contributed by atoms with E-state index in [1.165, 1.54) is 20.2 Å². The van der Waals surface area contributed by atoms with Gasteiger partial charge in [0.05, 0.1) is 0 Å². The average Bonchev–Trinajstić information content (AvgIpc) is 2.36. The zero-order valence-corrected chi connectivity index (χ0v) is 16.9. The molecule has 0 amide bonds. The minimum atomic E-state index is -2.71. The van der Waals surface area contributed by atoms with E-state index in [0.29, 0.717) is 0 Å². The number of hydrogen-bond donors (Lipinski definition) is 0. The summed E-state index contributed by atoms with van der Waals surface area (Å²) in [7, 11) is 1.72. The number of ether oxygens (including phenoxy) is 1. The molecule has 1 nitrogen and oxygen atoms in total. The first-order chi connectivity index (χ1) is 9.79. The van der Waals surface area contributed by atoms with Gasteiger partial charge in [0.25, 0.3) is 0 Å². The van der Waals surface area contributed by atoms with Gasteiger partial charge in [0, 0.05) is 0 Å². The Hall–Kier alpha value is -0.942. The van der Waals surface area contributed by atoms with Crippen LogP contribution in [0.25, 0.3) is 0 Å². The molecule has 1 rings (SSSR count). The second-order valence-corrected chi connectivity index (χ2v) is 14.6. The van der Waals surface area contributed by atoms with Gasteiger partial charge >= 0.3 is 135 Å². The fraction of sp³-hybridized carbons (Fsp3) is 0.368. The van der Waals surface area contributed by atoms with E-state index in [0.717, 1.165) is 5.75 Å². The van der Waals surface area contributed by atoms with Crippen LogP contribution in [-0.4, -0.2) is 25.9 Å². The summed E-state index contributed by atoms with van der Waals surface area (Å²) >= 11 is -2.71. The van der Waals surface area contributed by atoms with Crippen LogP contribution in [0.2, 0.25) is 0 Å². The Morgan fingerprint density at radius 3 is 1.43 bits per heavy atom. The number of hydrogen-bond acceptors (Lipinski definition) is 1. The molecular weight excluding hydrogens is 366 g/mol. The topological polar surface area (TPSA) is 9.23 Å². The maximum absolute atomic E-state index is 5.30. The molecule has 1 aromatic rings. The van der Waals surface area contributed by atoms with Crippen molar-refractivity contribution in [2.75, 3.05) is 7.11 Å². The summed E-state index contributed by atoms with van der Waals surface area (Å²) in [6.45, 7) is 13.2. The van der Waals surface area contributed by atoms with E-state index in [2.05, 4.69) is 77.9 Å². The van der Waals surface area contributed by atoms with E-state index >= 15 is 0 Å². The Labute approximate surface area is 134 Å². The first-order valence-electron chi connectivity index (χ1n) is 7.30. The zero-order chi connectivity index (χ0) is 16.0. The van der Waals surface area contributed by atoms with Crippen LogP contribution in [0.4, 0.5) is 0 Å². The van der Waals surface area contributed by atoms with Crippen molar-refractivity contribution in [3.8, 4) is 5.75 Å². The molecule has 21 heavy (non-hydrogen) atoms. The van der Waals surface area contributed by atoms with E-state index in [4.69, 9.17) is 4.74 Å². The van der Waals surface area contributed by atoms with Crippen LogP contribution < -0.4 is 8.25 Å². The Bertz CT molecular complexity index is 504. The molecule has 0 unspecified atom stereocenters. The van der Waals surface area contributed by atoms with Crippen LogP contribution in [-0.2, 0) is 0 Å². The molecule has 0 N–H and O–H groups in total. The molecule has 1 radical (unpaired) electrons. The van der Waals surface area contributed by atoms with Gasteiger partial charge in [-0.1, -0.05) is 0 Å². The number of methoxy groups -OCH3 is 1. The Kier molecular flexibility index (Phi) is 6.81. The molecule has 0 aliphatic rings. The number of allylic oxidation sites excluding steroid dienone is 3. The van der Waals surface area contributed by atoms with Crippen molar-refractivity contribution in [3.63, 3.8) is 0 Å². The quantitative estimate of drug-likeness (QED) is 0.648. The van der Waals surface area contributed by atoms with Gasteiger partial charge in [0.2, 0.25) is 0 Å². The van der Waals surface area contributed by atoms with Crippen molar-refractivity contribution in [1.29, 1.82) is 0 Å². The van der Waals surface area contributed by atoms with E-state index < -0.39 is 18.8 Å².